The Kier molecular flexibility index (Phi) is 19.5. The number of hydrogen-bond acceptors (Lipinski definition) is 10. The third-order valence-corrected chi connectivity index (χ3v) is 19.9. The molecule has 4 aromatic heterocycles. The summed E-state index contributed by atoms with van der Waals surface area (Å²) in [4.78, 5) is 37.5. The number of fused-ring (bicyclic) bond motifs is 4. The number of nitrogens with zero attached hydrogens (tertiary/aromatic N) is 3. The minimum atomic E-state index is -5.00. The largest absolute Gasteiger partial charge is 0.478 e. The fourth-order valence-electron chi connectivity index (χ4n) is 10.5. The molecule has 0 atom stereocenters. The van der Waals surface area contributed by atoms with E-state index in [0.29, 0.717) is 45.2 Å². The molecule has 98 heavy (non-hydrogen) atoms. The van der Waals surface area contributed by atoms with Gasteiger partial charge < -0.3 is 25.0 Å². The van der Waals surface area contributed by atoms with E-state index >= 15 is 0 Å². The van der Waals surface area contributed by atoms with Gasteiger partial charge in [-0.15, -0.1) is 0 Å². The molecule has 13 rings (SSSR count). The summed E-state index contributed by atoms with van der Waals surface area (Å²) in [5, 5.41) is 10.1. The summed E-state index contributed by atoms with van der Waals surface area (Å²) in [7, 11) is -6.81. The van der Waals surface area contributed by atoms with Crippen LogP contribution in [0.25, 0.3) is 114 Å². The molecule has 0 saturated carbocycles. The molecule has 498 valence electrons. The maximum atomic E-state index is 13.4. The number of carboxylic acid groups (broad SMARTS) is 1. The average Bonchev–Trinajstić information content (AvgIpc) is 1.38. The Bertz CT molecular complexity index is 5630. The van der Waals surface area contributed by atoms with E-state index in [9.17, 15) is 56.4 Å². The van der Waals surface area contributed by atoms with Crippen LogP contribution in [0.5, 0.6) is 0 Å². The van der Waals surface area contributed by atoms with Crippen molar-refractivity contribution in [1.29, 1.82) is 0 Å². The van der Waals surface area contributed by atoms with Crippen LogP contribution >= 0.6 is 0 Å². The standard InChI is InChI=1S/C24H17F6N3O2S.C24H20N4O2S.C23H19N3O4S/c1-31-36(34,35)21-5-3-2-4-17(21)15-7-10-19-20(12-15)33-22(32-19)11-8-14-6-9-16(23(25,26)27)13-18(14)24(28,29)30;1-25-31(29,30)23-5-3-2-4-19(23)18-9-10-20-22(15-18)28-24(27-20)11-7-16-6-8-17-12-13-26-21(17)14-16;1-24-31(29,30)21-5-3-2-4-18(21)17-11-12-19-20(14-17)26-22(25-19)13-8-15-6-9-16(10-7-15)23(27)28/h2-13,31H,1H3,(H,32,33);2-15,25-26H,1H3,(H,27,28);2-14,24H,1H3,(H,25,26)(H,27,28)/b11-8+;11-7+;13-8+. The summed E-state index contributed by atoms with van der Waals surface area (Å²) < 4.78 is 160. The molecular weight excluding hydrogens is 1330 g/mol. The van der Waals surface area contributed by atoms with Gasteiger partial charge in [0.15, 0.2) is 0 Å². The van der Waals surface area contributed by atoms with Gasteiger partial charge in [-0.1, -0.05) is 121 Å². The van der Waals surface area contributed by atoms with E-state index in [2.05, 4.69) is 67.3 Å². The maximum absolute atomic E-state index is 13.4. The first-order chi connectivity index (χ1) is 46.7. The summed E-state index contributed by atoms with van der Waals surface area (Å²) in [5.74, 6) is 0.555. The molecule has 0 fully saturated rings. The molecule has 27 heteroatoms. The Morgan fingerprint density at radius 1 is 0.429 bits per heavy atom. The van der Waals surface area contributed by atoms with Crippen LogP contribution in [0.15, 0.2) is 215 Å². The van der Waals surface area contributed by atoms with Crippen molar-refractivity contribution < 1.29 is 61.5 Å². The zero-order valence-electron chi connectivity index (χ0n) is 51.7. The molecule has 0 aliphatic carbocycles. The zero-order valence-corrected chi connectivity index (χ0v) is 54.1. The van der Waals surface area contributed by atoms with Gasteiger partial charge in [-0.3, -0.25) is 0 Å². The van der Waals surface area contributed by atoms with Crippen molar-refractivity contribution in [3.05, 3.63) is 251 Å². The van der Waals surface area contributed by atoms with E-state index in [4.69, 9.17) is 5.11 Å². The number of carboxylic acids is 1. The monoisotopic (exact) mass is 1390 g/mol. The van der Waals surface area contributed by atoms with Crippen LogP contribution < -0.4 is 14.2 Å². The predicted molar refractivity (Wildman–Crippen MR) is 368 cm³/mol. The lowest BCUT2D eigenvalue weighted by Gasteiger charge is -2.14. The highest BCUT2D eigenvalue weighted by atomic mass is 32.2. The number of sulfonamides is 3. The molecule has 9 aromatic carbocycles. The van der Waals surface area contributed by atoms with Crippen molar-refractivity contribution in [2.75, 3.05) is 21.1 Å². The fourth-order valence-corrected chi connectivity index (χ4v) is 13.4. The lowest BCUT2D eigenvalue weighted by Crippen LogP contribution is -2.19. The Hall–Kier alpha value is -11.1. The highest BCUT2D eigenvalue weighted by molar-refractivity contribution is 7.90. The van der Waals surface area contributed by atoms with Crippen LogP contribution in [0.4, 0.5) is 26.3 Å². The topological polar surface area (TPSA) is 278 Å². The molecule has 0 radical (unpaired) electrons. The number of H-pyrrole nitrogens is 4. The van der Waals surface area contributed by atoms with Crippen molar-refractivity contribution in [2.45, 2.75) is 27.0 Å². The number of alkyl halides is 6. The van der Waals surface area contributed by atoms with Crippen LogP contribution in [-0.2, 0) is 42.4 Å². The number of carbonyl (C=O) groups is 1. The third-order valence-electron chi connectivity index (χ3n) is 15.5. The number of aromatic amines is 4. The van der Waals surface area contributed by atoms with Crippen molar-refractivity contribution in [3.8, 4) is 33.4 Å². The lowest BCUT2D eigenvalue weighted by atomic mass is 10.0. The summed E-state index contributed by atoms with van der Waals surface area (Å²) >= 11 is 0. The van der Waals surface area contributed by atoms with Crippen molar-refractivity contribution >= 4 is 116 Å². The van der Waals surface area contributed by atoms with E-state index in [1.807, 2.05) is 73.0 Å². The highest BCUT2D eigenvalue weighted by Crippen LogP contribution is 2.39. The van der Waals surface area contributed by atoms with Gasteiger partial charge in [0.2, 0.25) is 30.1 Å². The number of benzene rings is 9. The molecule has 8 N–H and O–H groups in total. The molecular formula is C71H56F6N10O8S3. The number of nitrogens with one attached hydrogen (secondary N) is 7. The molecule has 0 saturated heterocycles. The van der Waals surface area contributed by atoms with Crippen LogP contribution in [0.1, 0.15) is 55.6 Å². The minimum Gasteiger partial charge on any atom is -0.478 e. The van der Waals surface area contributed by atoms with E-state index in [1.54, 1.807) is 109 Å². The summed E-state index contributed by atoms with van der Waals surface area (Å²) in [6, 6.07) is 52.5. The number of rotatable bonds is 16. The van der Waals surface area contributed by atoms with Gasteiger partial charge in [0.05, 0.1) is 64.5 Å². The summed E-state index contributed by atoms with van der Waals surface area (Å²) in [6.07, 6.45) is 1.83. The summed E-state index contributed by atoms with van der Waals surface area (Å²) in [5.41, 5.74) is 7.86. The Labute approximate surface area is 556 Å². The second-order valence-electron chi connectivity index (χ2n) is 21.7. The van der Waals surface area contributed by atoms with Crippen LogP contribution in [0.3, 0.4) is 0 Å². The number of aromatic nitrogens is 7. The molecule has 0 bridgehead atoms. The first-order valence-corrected chi connectivity index (χ1v) is 34.0. The quantitative estimate of drug-likeness (QED) is 0.0421. The predicted octanol–water partition coefficient (Wildman–Crippen LogP) is 15.1. The zero-order chi connectivity index (χ0) is 69.7. The van der Waals surface area contributed by atoms with Crippen molar-refractivity contribution in [1.82, 2.24) is 49.1 Å². The van der Waals surface area contributed by atoms with Crippen LogP contribution in [0.2, 0.25) is 0 Å². The maximum Gasteiger partial charge on any atom is 0.417 e. The second-order valence-corrected chi connectivity index (χ2v) is 27.3. The van der Waals surface area contributed by atoms with Crippen LogP contribution in [-0.4, -0.2) is 92.4 Å². The molecule has 13 aromatic rings. The number of halogens is 6. The minimum absolute atomic E-state index is 0.0634. The second kappa shape index (κ2) is 27.9. The Morgan fingerprint density at radius 3 is 1.24 bits per heavy atom. The number of hydrogen-bond donors (Lipinski definition) is 8. The molecule has 4 heterocycles. The van der Waals surface area contributed by atoms with E-state index in [1.165, 1.54) is 38.7 Å². The third kappa shape index (κ3) is 15.4. The van der Waals surface area contributed by atoms with E-state index < -0.39 is 65.1 Å². The van der Waals surface area contributed by atoms with Crippen molar-refractivity contribution in [2.24, 2.45) is 0 Å². The number of imidazole rings is 3. The van der Waals surface area contributed by atoms with Crippen molar-refractivity contribution in [3.63, 3.8) is 0 Å². The molecule has 0 aliphatic heterocycles. The van der Waals surface area contributed by atoms with Gasteiger partial charge in [0, 0.05) is 28.4 Å². The van der Waals surface area contributed by atoms with Gasteiger partial charge in [0.1, 0.15) is 17.5 Å². The number of aromatic carboxylic acids is 1. The highest BCUT2D eigenvalue weighted by Gasteiger charge is 2.38. The molecule has 0 spiro atoms. The van der Waals surface area contributed by atoms with Gasteiger partial charge in [0.25, 0.3) is 0 Å². The first kappa shape index (κ1) is 68.3. The normalized spacial score (nSPS) is 12.5. The Balaban J connectivity index is 0.000000149. The van der Waals surface area contributed by atoms with E-state index in [-0.39, 0.29) is 32.1 Å². The van der Waals surface area contributed by atoms with Gasteiger partial charge in [-0.2, -0.15) is 26.3 Å². The summed E-state index contributed by atoms with van der Waals surface area (Å²) in [6.45, 7) is 0. The SMILES string of the molecule is CNS(=O)(=O)c1ccccc1-c1ccc2nc(/C=C/c3ccc(C(=O)O)cc3)[nH]c2c1.CNS(=O)(=O)c1ccccc1-c1ccc2nc(/C=C/c3ccc(C(F)(F)F)cc3C(F)(F)F)[nH]c2c1.CNS(=O)(=O)c1ccccc1-c1ccc2nc(/C=C/c3ccc4cc[nH]c4c3)[nH]c2c1. The lowest BCUT2D eigenvalue weighted by molar-refractivity contribution is -0.143. The smallest absolute Gasteiger partial charge is 0.417 e. The van der Waals surface area contributed by atoms with Gasteiger partial charge in [-0.25, -0.2) is 59.2 Å². The first-order valence-electron chi connectivity index (χ1n) is 29.5. The molecule has 0 aliphatic rings. The van der Waals surface area contributed by atoms with Crippen LogP contribution in [0, 0.1) is 0 Å². The van der Waals surface area contributed by atoms with E-state index in [0.717, 1.165) is 67.8 Å². The molecule has 0 unspecified atom stereocenters. The average molecular weight is 1390 g/mol. The molecule has 0 amide bonds. The fraction of sp³-hybridized carbons (Fsp3) is 0.0704. The Morgan fingerprint density at radius 2 is 0.837 bits per heavy atom. The molecule has 18 nitrogen and oxygen atoms in total. The van der Waals surface area contributed by atoms with Gasteiger partial charge in [-0.05, 0) is 169 Å². The van der Waals surface area contributed by atoms with Gasteiger partial charge >= 0.3 is 18.3 Å².